The molecule has 0 saturated carbocycles. The van der Waals surface area contributed by atoms with Crippen molar-refractivity contribution in [1.29, 1.82) is 0 Å². The Labute approximate surface area is 156 Å². The molecule has 0 radical (unpaired) electrons. The number of methoxy groups -OCH3 is 3. The number of hydrogen-bond donors (Lipinski definition) is 1. The number of carbonyl (C=O) groups excluding carboxylic acids is 1. The van der Waals surface area contributed by atoms with Gasteiger partial charge in [-0.25, -0.2) is 9.38 Å². The van der Waals surface area contributed by atoms with Crippen LogP contribution in [-0.2, 0) is 11.2 Å². The van der Waals surface area contributed by atoms with Crippen LogP contribution < -0.4 is 19.5 Å². The summed E-state index contributed by atoms with van der Waals surface area (Å²) in [6, 6.07) is 9.95. The Morgan fingerprint density at radius 2 is 1.70 bits per heavy atom. The lowest BCUT2D eigenvalue weighted by Crippen LogP contribution is -2.25. The third kappa shape index (κ3) is 4.08. The van der Waals surface area contributed by atoms with Gasteiger partial charge in [-0.3, -0.25) is 4.79 Å². The zero-order valence-corrected chi connectivity index (χ0v) is 15.2. The van der Waals surface area contributed by atoms with E-state index in [4.69, 9.17) is 14.2 Å². The average Bonchev–Trinajstić information content (AvgIpc) is 3.00. The molecule has 1 heterocycles. The Hall–Kier alpha value is -3.35. The number of rotatable bonds is 6. The molecule has 1 amide bonds. The van der Waals surface area contributed by atoms with Gasteiger partial charge in [-0.05, 0) is 41.5 Å². The van der Waals surface area contributed by atoms with E-state index >= 15 is 0 Å². The number of benzene rings is 2. The highest BCUT2D eigenvalue weighted by Gasteiger charge is 2.20. The normalized spacial score (nSPS) is 14.7. The van der Waals surface area contributed by atoms with E-state index in [1.165, 1.54) is 25.3 Å². The predicted octanol–water partition coefficient (Wildman–Crippen LogP) is 2.96. The summed E-state index contributed by atoms with van der Waals surface area (Å²) >= 11 is 0. The molecule has 0 saturated heterocycles. The fourth-order valence-electron chi connectivity index (χ4n) is 2.71. The second-order valence-electron chi connectivity index (χ2n) is 5.80. The van der Waals surface area contributed by atoms with Gasteiger partial charge < -0.3 is 19.5 Å². The van der Waals surface area contributed by atoms with E-state index in [-0.39, 0.29) is 17.4 Å². The van der Waals surface area contributed by atoms with E-state index in [0.29, 0.717) is 29.3 Å². The molecule has 0 unspecified atom stereocenters. The number of aliphatic imine (C=N–C) groups is 1. The molecule has 2 aromatic rings. The number of nitrogens with one attached hydrogen (secondary N) is 1. The van der Waals surface area contributed by atoms with E-state index in [1.807, 2.05) is 12.1 Å². The average molecular weight is 370 g/mol. The lowest BCUT2D eigenvalue weighted by molar-refractivity contribution is -0.115. The van der Waals surface area contributed by atoms with Crippen molar-refractivity contribution in [2.75, 3.05) is 21.3 Å². The molecule has 2 aromatic carbocycles. The van der Waals surface area contributed by atoms with Crippen molar-refractivity contribution in [2.24, 2.45) is 4.99 Å². The van der Waals surface area contributed by atoms with Crippen LogP contribution >= 0.6 is 0 Å². The van der Waals surface area contributed by atoms with Gasteiger partial charge in [0, 0.05) is 6.42 Å². The number of halogens is 1. The molecule has 0 fully saturated rings. The van der Waals surface area contributed by atoms with Gasteiger partial charge >= 0.3 is 0 Å². The Balaban J connectivity index is 1.81. The van der Waals surface area contributed by atoms with E-state index in [2.05, 4.69) is 10.3 Å². The van der Waals surface area contributed by atoms with Crippen molar-refractivity contribution in [2.45, 2.75) is 6.42 Å². The summed E-state index contributed by atoms with van der Waals surface area (Å²) in [4.78, 5) is 16.5. The molecular weight excluding hydrogens is 351 g/mol. The lowest BCUT2D eigenvalue weighted by Gasteiger charge is -2.09. The maximum absolute atomic E-state index is 13.8. The zero-order valence-electron chi connectivity index (χ0n) is 15.2. The highest BCUT2D eigenvalue weighted by molar-refractivity contribution is 6.14. The van der Waals surface area contributed by atoms with Gasteiger partial charge in [-0.2, -0.15) is 0 Å². The SMILES string of the molecule is COc1ccc(/C=C2/N=C(Cc3ccc(OC)c(OC)c3)NC2=O)cc1F. The minimum atomic E-state index is -0.500. The van der Waals surface area contributed by atoms with Gasteiger partial charge in [0.25, 0.3) is 5.91 Å². The van der Waals surface area contributed by atoms with Gasteiger partial charge in [0.15, 0.2) is 23.1 Å². The van der Waals surface area contributed by atoms with Gasteiger partial charge in [0.05, 0.1) is 21.3 Å². The maximum Gasteiger partial charge on any atom is 0.275 e. The molecule has 0 bridgehead atoms. The summed E-state index contributed by atoms with van der Waals surface area (Å²) in [5.41, 5.74) is 1.65. The smallest absolute Gasteiger partial charge is 0.275 e. The molecule has 3 rings (SSSR count). The molecule has 6 nitrogen and oxygen atoms in total. The maximum atomic E-state index is 13.8. The Morgan fingerprint density at radius 1 is 1.00 bits per heavy atom. The summed E-state index contributed by atoms with van der Waals surface area (Å²) < 4.78 is 29.2. The van der Waals surface area contributed by atoms with Crippen LogP contribution in [-0.4, -0.2) is 33.1 Å². The van der Waals surface area contributed by atoms with Crippen LogP contribution in [0.25, 0.3) is 6.08 Å². The molecule has 27 heavy (non-hydrogen) atoms. The first kappa shape index (κ1) is 18.4. The minimum Gasteiger partial charge on any atom is -0.494 e. The van der Waals surface area contributed by atoms with Crippen molar-refractivity contribution in [3.05, 3.63) is 59.0 Å². The largest absolute Gasteiger partial charge is 0.494 e. The molecule has 7 heteroatoms. The number of ether oxygens (including phenoxy) is 3. The number of amidine groups is 1. The van der Waals surface area contributed by atoms with Crippen molar-refractivity contribution in [3.8, 4) is 17.2 Å². The zero-order chi connectivity index (χ0) is 19.4. The molecule has 1 N–H and O–H groups in total. The summed E-state index contributed by atoms with van der Waals surface area (Å²) in [6.07, 6.45) is 1.94. The van der Waals surface area contributed by atoms with Crippen molar-refractivity contribution >= 4 is 17.8 Å². The van der Waals surface area contributed by atoms with Gasteiger partial charge in [0.2, 0.25) is 0 Å². The molecule has 0 aliphatic carbocycles. The Kier molecular flexibility index (Phi) is 5.40. The van der Waals surface area contributed by atoms with E-state index in [0.717, 1.165) is 5.56 Å². The third-order valence-corrected chi connectivity index (χ3v) is 4.04. The van der Waals surface area contributed by atoms with Crippen LogP contribution in [0.2, 0.25) is 0 Å². The van der Waals surface area contributed by atoms with Gasteiger partial charge in [-0.15, -0.1) is 0 Å². The highest BCUT2D eigenvalue weighted by atomic mass is 19.1. The van der Waals surface area contributed by atoms with Crippen LogP contribution in [0, 0.1) is 5.82 Å². The van der Waals surface area contributed by atoms with Crippen molar-refractivity contribution < 1.29 is 23.4 Å². The molecular formula is C20H19FN2O4. The number of carbonyl (C=O) groups is 1. The van der Waals surface area contributed by atoms with Gasteiger partial charge in [-0.1, -0.05) is 12.1 Å². The molecule has 0 spiro atoms. The van der Waals surface area contributed by atoms with Crippen LogP contribution in [0.1, 0.15) is 11.1 Å². The quantitative estimate of drug-likeness (QED) is 0.794. The van der Waals surface area contributed by atoms with Crippen molar-refractivity contribution in [3.63, 3.8) is 0 Å². The fourth-order valence-corrected chi connectivity index (χ4v) is 2.71. The third-order valence-electron chi connectivity index (χ3n) is 4.04. The first-order valence-corrected chi connectivity index (χ1v) is 8.19. The first-order valence-electron chi connectivity index (χ1n) is 8.19. The van der Waals surface area contributed by atoms with E-state index in [9.17, 15) is 9.18 Å². The monoisotopic (exact) mass is 370 g/mol. The second kappa shape index (κ2) is 7.90. The van der Waals surface area contributed by atoms with Crippen LogP contribution in [0.5, 0.6) is 17.2 Å². The van der Waals surface area contributed by atoms with Crippen LogP contribution in [0.15, 0.2) is 47.1 Å². The molecule has 0 aromatic heterocycles. The summed E-state index contributed by atoms with van der Waals surface area (Å²) in [7, 11) is 4.52. The number of amides is 1. The summed E-state index contributed by atoms with van der Waals surface area (Å²) in [5.74, 6) is 1.05. The molecule has 1 aliphatic heterocycles. The van der Waals surface area contributed by atoms with Gasteiger partial charge in [0.1, 0.15) is 11.5 Å². The number of nitrogens with zero attached hydrogens (tertiary/aromatic N) is 1. The van der Waals surface area contributed by atoms with Crippen molar-refractivity contribution in [1.82, 2.24) is 5.32 Å². The summed E-state index contributed by atoms with van der Waals surface area (Å²) in [5, 5.41) is 2.73. The predicted molar refractivity (Wildman–Crippen MR) is 99.8 cm³/mol. The Morgan fingerprint density at radius 3 is 2.37 bits per heavy atom. The topological polar surface area (TPSA) is 69.2 Å². The highest BCUT2D eigenvalue weighted by Crippen LogP contribution is 2.28. The second-order valence-corrected chi connectivity index (χ2v) is 5.80. The number of hydrogen-bond acceptors (Lipinski definition) is 5. The Bertz CT molecular complexity index is 938. The lowest BCUT2D eigenvalue weighted by atomic mass is 10.1. The van der Waals surface area contributed by atoms with E-state index < -0.39 is 5.82 Å². The van der Waals surface area contributed by atoms with Crippen LogP contribution in [0.3, 0.4) is 0 Å². The minimum absolute atomic E-state index is 0.144. The van der Waals surface area contributed by atoms with Crippen LogP contribution in [0.4, 0.5) is 4.39 Å². The molecule has 1 aliphatic rings. The first-order chi connectivity index (χ1) is 13.0. The molecule has 0 atom stereocenters. The summed E-state index contributed by atoms with van der Waals surface area (Å²) in [6.45, 7) is 0. The molecule has 140 valence electrons. The van der Waals surface area contributed by atoms with E-state index in [1.54, 1.807) is 26.4 Å². The standard InChI is InChI=1S/C20H19FN2O4/c1-25-16-6-4-12(8-14(16)21)9-15-20(24)23-19(22-15)11-13-5-7-17(26-2)18(10-13)27-3/h4-10H,11H2,1-3H3,(H,22,23,24)/b15-9+. The fraction of sp³-hybridized carbons (Fsp3) is 0.200.